The summed E-state index contributed by atoms with van der Waals surface area (Å²) in [5.74, 6) is -12.2. The number of carbonyl (C=O) groups excluding carboxylic acids is 2. The highest BCUT2D eigenvalue weighted by atomic mass is 32.2. The van der Waals surface area contributed by atoms with Crippen LogP contribution in [-0.2, 0) is 27.4 Å². The van der Waals surface area contributed by atoms with E-state index in [1.54, 1.807) is 36.0 Å². The number of halogens is 5. The fourth-order valence-electron chi connectivity index (χ4n) is 4.92. The van der Waals surface area contributed by atoms with Crippen molar-refractivity contribution < 1.29 is 46.1 Å². The van der Waals surface area contributed by atoms with E-state index in [0.29, 0.717) is 29.0 Å². The van der Waals surface area contributed by atoms with E-state index in [4.69, 9.17) is 9.47 Å². The predicted octanol–water partition coefficient (Wildman–Crippen LogP) is 7.10. The van der Waals surface area contributed by atoms with E-state index < -0.39 is 46.8 Å². The SMILES string of the molecule is CC(=O)Nc1ccc(SCC2CC(c3ccc(CO)cc3)OC(c3ccc(CNC(=O)c4c(F)c(F)c(F)c(F)c4F)cc3)O2)cc1. The average Bonchev–Trinajstić information content (AvgIpc) is 3.08. The fourth-order valence-corrected chi connectivity index (χ4v) is 5.84. The molecule has 0 saturated carbocycles. The second-order valence-electron chi connectivity index (χ2n) is 10.7. The maximum atomic E-state index is 14.0. The number of benzene rings is 4. The number of amides is 2. The standard InChI is InChI=1S/C34H29F5N2O5S/c1-18(43)41-23-10-12-25(13-11-23)47-17-24-14-26(21-6-4-20(16-42)5-7-21)46-34(45-24)22-8-2-19(3-9-22)15-40-33(44)27-28(35)30(37)32(39)31(38)29(27)36/h2-13,24,26,34,42H,14-17H2,1H3,(H,40,44)(H,41,43). The molecule has 4 aromatic rings. The van der Waals surface area contributed by atoms with E-state index in [1.807, 2.05) is 48.5 Å². The Labute approximate surface area is 271 Å². The van der Waals surface area contributed by atoms with Crippen LogP contribution in [0.4, 0.5) is 27.6 Å². The number of nitrogens with one attached hydrogen (secondary N) is 2. The second kappa shape index (κ2) is 15.1. The fraction of sp³-hybridized carbons (Fsp3) is 0.235. The molecule has 13 heteroatoms. The molecule has 3 N–H and O–H groups in total. The largest absolute Gasteiger partial charge is 0.392 e. The first-order valence-corrected chi connectivity index (χ1v) is 15.4. The Morgan fingerprint density at radius 3 is 1.96 bits per heavy atom. The lowest BCUT2D eigenvalue weighted by atomic mass is 10.0. The van der Waals surface area contributed by atoms with Gasteiger partial charge in [-0.25, -0.2) is 22.0 Å². The monoisotopic (exact) mass is 672 g/mol. The summed E-state index contributed by atoms with van der Waals surface area (Å²) in [5, 5.41) is 14.4. The van der Waals surface area contributed by atoms with E-state index in [2.05, 4.69) is 10.6 Å². The van der Waals surface area contributed by atoms with Gasteiger partial charge in [-0.1, -0.05) is 48.5 Å². The van der Waals surface area contributed by atoms with Gasteiger partial charge in [0.15, 0.2) is 29.6 Å². The third-order valence-corrected chi connectivity index (χ3v) is 8.51. The van der Waals surface area contributed by atoms with Crippen LogP contribution < -0.4 is 10.6 Å². The van der Waals surface area contributed by atoms with E-state index in [-0.39, 0.29) is 31.3 Å². The molecule has 0 aliphatic carbocycles. The van der Waals surface area contributed by atoms with Crippen LogP contribution in [0.15, 0.2) is 77.7 Å². The maximum Gasteiger partial charge on any atom is 0.257 e. The molecule has 0 aromatic heterocycles. The Morgan fingerprint density at radius 2 is 1.36 bits per heavy atom. The first-order valence-electron chi connectivity index (χ1n) is 14.4. The lowest BCUT2D eigenvalue weighted by Crippen LogP contribution is -2.31. The Bertz CT molecular complexity index is 1710. The van der Waals surface area contributed by atoms with Crippen LogP contribution in [0.2, 0.25) is 0 Å². The molecular weight excluding hydrogens is 643 g/mol. The van der Waals surface area contributed by atoms with Crippen LogP contribution >= 0.6 is 11.8 Å². The number of anilines is 1. The molecular formula is C34H29F5N2O5S. The summed E-state index contributed by atoms with van der Waals surface area (Å²) in [7, 11) is 0. The first kappa shape index (κ1) is 34.0. The van der Waals surface area contributed by atoms with Gasteiger partial charge < -0.3 is 25.2 Å². The summed E-state index contributed by atoms with van der Waals surface area (Å²) >= 11 is 1.58. The van der Waals surface area contributed by atoms with Gasteiger partial charge in [-0.2, -0.15) is 0 Å². The molecule has 0 radical (unpaired) electrons. The molecule has 1 heterocycles. The third-order valence-electron chi connectivity index (χ3n) is 7.37. The van der Waals surface area contributed by atoms with Crippen LogP contribution in [0.1, 0.15) is 58.4 Å². The lowest BCUT2D eigenvalue weighted by Gasteiger charge is -2.36. The minimum atomic E-state index is -2.35. The normalized spacial score (nSPS) is 17.7. The Hall–Kier alpha value is -4.30. The van der Waals surface area contributed by atoms with Crippen LogP contribution in [-0.4, -0.2) is 28.8 Å². The van der Waals surface area contributed by atoms with Crippen molar-refractivity contribution in [1.82, 2.24) is 5.32 Å². The minimum Gasteiger partial charge on any atom is -0.392 e. The van der Waals surface area contributed by atoms with Crippen LogP contribution in [0.5, 0.6) is 0 Å². The summed E-state index contributed by atoms with van der Waals surface area (Å²) in [6.45, 7) is 1.09. The molecule has 246 valence electrons. The zero-order valence-corrected chi connectivity index (χ0v) is 25.7. The third kappa shape index (κ3) is 8.17. The van der Waals surface area contributed by atoms with Crippen molar-refractivity contribution >= 4 is 29.3 Å². The van der Waals surface area contributed by atoms with Crippen LogP contribution in [0, 0.1) is 29.1 Å². The van der Waals surface area contributed by atoms with E-state index in [9.17, 15) is 36.6 Å². The van der Waals surface area contributed by atoms with Crippen molar-refractivity contribution in [2.45, 2.75) is 49.9 Å². The summed E-state index contributed by atoms with van der Waals surface area (Å²) in [5.41, 5.74) is 1.91. The van der Waals surface area contributed by atoms with E-state index in [0.717, 1.165) is 16.0 Å². The first-order chi connectivity index (χ1) is 22.5. The van der Waals surface area contributed by atoms with Gasteiger partial charge in [-0.15, -0.1) is 11.8 Å². The van der Waals surface area contributed by atoms with E-state index >= 15 is 0 Å². The number of aliphatic hydroxyl groups is 1. The number of rotatable bonds is 10. The van der Waals surface area contributed by atoms with Crippen molar-refractivity contribution in [3.8, 4) is 0 Å². The number of hydrogen-bond donors (Lipinski definition) is 3. The van der Waals surface area contributed by atoms with Gasteiger partial charge in [0.2, 0.25) is 11.7 Å². The van der Waals surface area contributed by atoms with Crippen molar-refractivity contribution in [2.75, 3.05) is 11.1 Å². The number of aliphatic hydroxyl groups excluding tert-OH is 1. The highest BCUT2D eigenvalue weighted by Crippen LogP contribution is 2.39. The van der Waals surface area contributed by atoms with Gasteiger partial charge >= 0.3 is 0 Å². The van der Waals surface area contributed by atoms with Crippen LogP contribution in [0.25, 0.3) is 0 Å². The molecule has 5 rings (SSSR count). The Balaban J connectivity index is 1.28. The molecule has 0 bridgehead atoms. The zero-order chi connectivity index (χ0) is 33.7. The highest BCUT2D eigenvalue weighted by Gasteiger charge is 2.33. The van der Waals surface area contributed by atoms with Gasteiger partial charge in [0.25, 0.3) is 5.91 Å². The molecule has 2 amide bonds. The number of carbonyl (C=O) groups is 2. The predicted molar refractivity (Wildman–Crippen MR) is 164 cm³/mol. The molecule has 0 spiro atoms. The molecule has 1 saturated heterocycles. The quantitative estimate of drug-likeness (QED) is 0.0720. The van der Waals surface area contributed by atoms with E-state index in [1.165, 1.54) is 6.92 Å². The van der Waals surface area contributed by atoms with Crippen LogP contribution in [0.3, 0.4) is 0 Å². The highest BCUT2D eigenvalue weighted by molar-refractivity contribution is 7.99. The van der Waals surface area contributed by atoms with Crippen molar-refractivity contribution in [2.24, 2.45) is 0 Å². The summed E-state index contributed by atoms with van der Waals surface area (Å²) in [6, 6.07) is 21.5. The van der Waals surface area contributed by atoms with Gasteiger partial charge in [0.05, 0.1) is 18.8 Å². The molecule has 3 atom stereocenters. The second-order valence-corrected chi connectivity index (χ2v) is 11.8. The van der Waals surface area contributed by atoms with Crippen molar-refractivity contribution in [3.63, 3.8) is 0 Å². The molecule has 1 aliphatic rings. The molecule has 4 aromatic carbocycles. The molecule has 47 heavy (non-hydrogen) atoms. The summed E-state index contributed by atoms with van der Waals surface area (Å²) in [4.78, 5) is 24.6. The smallest absolute Gasteiger partial charge is 0.257 e. The minimum absolute atomic E-state index is 0.0914. The maximum absolute atomic E-state index is 14.0. The van der Waals surface area contributed by atoms with Gasteiger partial charge in [-0.3, -0.25) is 9.59 Å². The van der Waals surface area contributed by atoms with Gasteiger partial charge in [0, 0.05) is 41.8 Å². The van der Waals surface area contributed by atoms with Crippen molar-refractivity contribution in [1.29, 1.82) is 0 Å². The van der Waals surface area contributed by atoms with Gasteiger partial charge in [-0.05, 0) is 41.0 Å². The number of thioether (sulfide) groups is 1. The molecule has 3 unspecified atom stereocenters. The Kier molecular flexibility index (Phi) is 10.9. The zero-order valence-electron chi connectivity index (χ0n) is 24.9. The Morgan fingerprint density at radius 1 is 0.787 bits per heavy atom. The van der Waals surface area contributed by atoms with Gasteiger partial charge in [0.1, 0.15) is 5.56 Å². The lowest BCUT2D eigenvalue weighted by molar-refractivity contribution is -0.245. The van der Waals surface area contributed by atoms with Crippen molar-refractivity contribution in [3.05, 3.63) is 130 Å². The topological polar surface area (TPSA) is 96.9 Å². The molecule has 7 nitrogen and oxygen atoms in total. The molecule has 1 fully saturated rings. The molecule has 1 aliphatic heterocycles. The average molecular weight is 673 g/mol. The number of hydrogen-bond acceptors (Lipinski definition) is 6. The number of ether oxygens (including phenoxy) is 2. The summed E-state index contributed by atoms with van der Waals surface area (Å²) < 4.78 is 81.2. The summed E-state index contributed by atoms with van der Waals surface area (Å²) in [6.07, 6.45) is -0.810.